The van der Waals surface area contributed by atoms with Crippen LogP contribution in [-0.4, -0.2) is 17.3 Å². The van der Waals surface area contributed by atoms with Gasteiger partial charge in [-0.15, -0.1) is 11.3 Å². The van der Waals surface area contributed by atoms with Gasteiger partial charge in [-0.2, -0.15) is 0 Å². The van der Waals surface area contributed by atoms with Gasteiger partial charge in [0.1, 0.15) is 5.75 Å². The van der Waals surface area contributed by atoms with Crippen LogP contribution in [0.2, 0.25) is 4.34 Å². The molecule has 0 aliphatic carbocycles. The summed E-state index contributed by atoms with van der Waals surface area (Å²) < 4.78 is 6.31. The van der Waals surface area contributed by atoms with Crippen molar-refractivity contribution < 1.29 is 14.5 Å². The van der Waals surface area contributed by atoms with E-state index in [9.17, 15) is 14.9 Å². The van der Waals surface area contributed by atoms with Crippen LogP contribution in [0.15, 0.2) is 34.8 Å². The maximum atomic E-state index is 11.8. The quantitative estimate of drug-likeness (QED) is 0.442. The summed E-state index contributed by atoms with van der Waals surface area (Å²) in [6.45, 7) is -0.204. The Bertz CT molecular complexity index is 673. The number of nitro benzene ring substituents is 1. The third-order valence-corrected chi connectivity index (χ3v) is 4.01. The van der Waals surface area contributed by atoms with Gasteiger partial charge in [-0.05, 0) is 18.2 Å². The molecule has 5 nitrogen and oxygen atoms in total. The van der Waals surface area contributed by atoms with Crippen molar-refractivity contribution in [2.24, 2.45) is 0 Å². The Kier molecular flexibility index (Phi) is 4.74. The molecule has 1 aromatic heterocycles. The predicted molar refractivity (Wildman–Crippen MR) is 80.0 cm³/mol. The molecule has 20 heavy (non-hydrogen) atoms. The maximum Gasteiger partial charge on any atom is 0.274 e. The van der Waals surface area contributed by atoms with Gasteiger partial charge in [-0.3, -0.25) is 14.9 Å². The molecule has 0 aliphatic heterocycles. The molecule has 2 aromatic rings. The molecule has 0 saturated heterocycles. The average molecular weight is 377 g/mol. The first-order valence-corrected chi connectivity index (χ1v) is 7.31. The van der Waals surface area contributed by atoms with E-state index in [1.165, 1.54) is 12.1 Å². The Morgan fingerprint density at radius 3 is 2.75 bits per heavy atom. The van der Waals surface area contributed by atoms with Gasteiger partial charge < -0.3 is 4.74 Å². The number of non-ortho nitro benzene ring substituents is 1. The number of rotatable bonds is 5. The van der Waals surface area contributed by atoms with Crippen molar-refractivity contribution in [3.63, 3.8) is 0 Å². The molecule has 0 unspecified atom stereocenters. The van der Waals surface area contributed by atoms with Crippen molar-refractivity contribution in [3.8, 4) is 5.75 Å². The molecular formula is C12H7BrClNO4S. The standard InChI is InChI=1S/C12H7BrClNO4S/c13-7-3-8(15(17)18)5-9(4-7)19-6-10(16)11-1-2-12(14)20-11/h1-5H,6H2. The van der Waals surface area contributed by atoms with E-state index < -0.39 is 4.92 Å². The van der Waals surface area contributed by atoms with E-state index in [1.807, 2.05) is 0 Å². The fraction of sp³-hybridized carbons (Fsp3) is 0.0833. The largest absolute Gasteiger partial charge is 0.485 e. The molecule has 0 spiro atoms. The van der Waals surface area contributed by atoms with E-state index in [0.717, 1.165) is 11.3 Å². The summed E-state index contributed by atoms with van der Waals surface area (Å²) >= 11 is 10.1. The molecule has 8 heteroatoms. The molecule has 0 aliphatic rings. The number of carbonyl (C=O) groups excluding carboxylic acids is 1. The predicted octanol–water partition coefficient (Wildman–Crippen LogP) is 4.33. The highest BCUT2D eigenvalue weighted by atomic mass is 79.9. The summed E-state index contributed by atoms with van der Waals surface area (Å²) in [6.07, 6.45) is 0. The van der Waals surface area contributed by atoms with E-state index in [2.05, 4.69) is 15.9 Å². The number of ether oxygens (including phenoxy) is 1. The molecule has 0 atom stereocenters. The topological polar surface area (TPSA) is 69.4 Å². The number of hydrogen-bond donors (Lipinski definition) is 0. The number of nitro groups is 1. The highest BCUT2D eigenvalue weighted by Crippen LogP contribution is 2.27. The molecular weight excluding hydrogens is 370 g/mol. The van der Waals surface area contributed by atoms with Crippen molar-refractivity contribution in [3.05, 3.63) is 54.1 Å². The first-order chi connectivity index (χ1) is 9.45. The summed E-state index contributed by atoms with van der Waals surface area (Å²) in [5.74, 6) is 0.0200. The van der Waals surface area contributed by atoms with Gasteiger partial charge >= 0.3 is 0 Å². The van der Waals surface area contributed by atoms with E-state index in [1.54, 1.807) is 18.2 Å². The van der Waals surface area contributed by atoms with Crippen molar-refractivity contribution in [1.82, 2.24) is 0 Å². The molecule has 1 aromatic carbocycles. The molecule has 0 radical (unpaired) electrons. The number of nitrogens with zero attached hydrogens (tertiary/aromatic N) is 1. The Morgan fingerprint density at radius 2 is 2.15 bits per heavy atom. The summed E-state index contributed by atoms with van der Waals surface area (Å²) in [4.78, 5) is 22.5. The zero-order chi connectivity index (χ0) is 14.7. The third kappa shape index (κ3) is 3.78. The first-order valence-electron chi connectivity index (χ1n) is 5.32. The number of benzene rings is 1. The second-order valence-electron chi connectivity index (χ2n) is 3.72. The van der Waals surface area contributed by atoms with Gasteiger partial charge in [0, 0.05) is 10.5 Å². The third-order valence-electron chi connectivity index (χ3n) is 2.28. The zero-order valence-corrected chi connectivity index (χ0v) is 13.0. The smallest absolute Gasteiger partial charge is 0.274 e. The lowest BCUT2D eigenvalue weighted by Gasteiger charge is -2.05. The number of halogens is 2. The minimum absolute atomic E-state index is 0.110. The summed E-state index contributed by atoms with van der Waals surface area (Å²) in [5, 5.41) is 10.7. The molecule has 0 N–H and O–H groups in total. The van der Waals surface area contributed by atoms with Crippen LogP contribution in [0.4, 0.5) is 5.69 Å². The summed E-state index contributed by atoms with van der Waals surface area (Å²) in [7, 11) is 0. The second kappa shape index (κ2) is 6.34. The molecule has 0 fully saturated rings. The number of carbonyl (C=O) groups is 1. The number of hydrogen-bond acceptors (Lipinski definition) is 5. The van der Waals surface area contributed by atoms with Gasteiger partial charge in [0.05, 0.1) is 20.2 Å². The lowest BCUT2D eigenvalue weighted by atomic mass is 10.3. The van der Waals surface area contributed by atoms with Crippen LogP contribution in [0, 0.1) is 10.1 Å². The van der Waals surface area contributed by atoms with Gasteiger partial charge in [-0.1, -0.05) is 27.5 Å². The normalized spacial score (nSPS) is 10.3. The monoisotopic (exact) mass is 375 g/mol. The minimum Gasteiger partial charge on any atom is -0.485 e. The van der Waals surface area contributed by atoms with Gasteiger partial charge in [0.25, 0.3) is 5.69 Å². The lowest BCUT2D eigenvalue weighted by Crippen LogP contribution is -2.10. The van der Waals surface area contributed by atoms with Gasteiger partial charge in [0.15, 0.2) is 6.61 Å². The number of ketones is 1. The van der Waals surface area contributed by atoms with Crippen LogP contribution >= 0.6 is 38.9 Å². The maximum absolute atomic E-state index is 11.8. The highest BCUT2D eigenvalue weighted by Gasteiger charge is 2.13. The minimum atomic E-state index is -0.529. The molecule has 2 rings (SSSR count). The fourth-order valence-electron chi connectivity index (χ4n) is 1.42. The van der Waals surface area contributed by atoms with Crippen LogP contribution in [0.25, 0.3) is 0 Å². The summed E-state index contributed by atoms with van der Waals surface area (Å²) in [5.41, 5.74) is -0.110. The average Bonchev–Trinajstić information content (AvgIpc) is 2.82. The van der Waals surface area contributed by atoms with Crippen LogP contribution in [0.1, 0.15) is 9.67 Å². The van der Waals surface area contributed by atoms with E-state index in [-0.39, 0.29) is 23.8 Å². The molecule has 0 saturated carbocycles. The van der Waals surface area contributed by atoms with E-state index in [0.29, 0.717) is 13.7 Å². The van der Waals surface area contributed by atoms with Crippen LogP contribution < -0.4 is 4.74 Å². The zero-order valence-electron chi connectivity index (χ0n) is 9.84. The lowest BCUT2D eigenvalue weighted by molar-refractivity contribution is -0.385. The van der Waals surface area contributed by atoms with E-state index >= 15 is 0 Å². The van der Waals surface area contributed by atoms with Crippen LogP contribution in [0.3, 0.4) is 0 Å². The molecule has 104 valence electrons. The molecule has 1 heterocycles. The Morgan fingerprint density at radius 1 is 1.40 bits per heavy atom. The van der Waals surface area contributed by atoms with Crippen LogP contribution in [-0.2, 0) is 0 Å². The molecule has 0 bridgehead atoms. The second-order valence-corrected chi connectivity index (χ2v) is 6.35. The van der Waals surface area contributed by atoms with E-state index in [4.69, 9.17) is 16.3 Å². The number of thiophene rings is 1. The summed E-state index contributed by atoms with van der Waals surface area (Å²) in [6, 6.07) is 7.42. The highest BCUT2D eigenvalue weighted by molar-refractivity contribution is 9.10. The molecule has 0 amide bonds. The number of Topliss-reactive ketones (excluding diaryl/α,β-unsaturated/α-hetero) is 1. The van der Waals surface area contributed by atoms with Crippen molar-refractivity contribution in [1.29, 1.82) is 0 Å². The van der Waals surface area contributed by atoms with Crippen molar-refractivity contribution in [2.75, 3.05) is 6.61 Å². The van der Waals surface area contributed by atoms with Crippen molar-refractivity contribution in [2.45, 2.75) is 0 Å². The van der Waals surface area contributed by atoms with Crippen molar-refractivity contribution >= 4 is 50.3 Å². The SMILES string of the molecule is O=C(COc1cc(Br)cc([N+](=O)[O-])c1)c1ccc(Cl)s1. The van der Waals surface area contributed by atoms with Gasteiger partial charge in [-0.25, -0.2) is 0 Å². The Hall–Kier alpha value is -1.44. The van der Waals surface area contributed by atoms with Crippen LogP contribution in [0.5, 0.6) is 5.75 Å². The fourth-order valence-corrected chi connectivity index (χ4v) is 2.85. The first kappa shape index (κ1) is 15.0. The van der Waals surface area contributed by atoms with Gasteiger partial charge in [0.2, 0.25) is 5.78 Å². The Labute approximate surface area is 131 Å². The Balaban J connectivity index is 2.07.